The molecule has 8 nitrogen and oxygen atoms in total. The van der Waals surface area contributed by atoms with Gasteiger partial charge in [-0.05, 0) is 61.3 Å². The quantitative estimate of drug-likeness (QED) is 0.124. The number of nitrogens with zero attached hydrogens (tertiary/aromatic N) is 1. The summed E-state index contributed by atoms with van der Waals surface area (Å²) in [6.45, 7) is 7.80. The lowest BCUT2D eigenvalue weighted by atomic mass is 9.92. The highest BCUT2D eigenvalue weighted by atomic mass is 16.5. The first-order valence-electron chi connectivity index (χ1n) is 15.1. The zero-order chi connectivity index (χ0) is 30.6. The summed E-state index contributed by atoms with van der Waals surface area (Å²) in [4.78, 5) is 44.6. The molecule has 1 aliphatic heterocycles. The molecule has 0 aliphatic carbocycles. The predicted molar refractivity (Wildman–Crippen MR) is 168 cm³/mol. The molecule has 0 unspecified atom stereocenters. The number of ether oxygens (including phenoxy) is 1. The average Bonchev–Trinajstić information content (AvgIpc) is 3.43. The van der Waals surface area contributed by atoms with E-state index in [0.29, 0.717) is 38.6 Å². The summed E-state index contributed by atoms with van der Waals surface area (Å²) in [5.41, 5.74) is 4.16. The second-order valence-electron chi connectivity index (χ2n) is 11.2. The first-order valence-corrected chi connectivity index (χ1v) is 15.1. The summed E-state index contributed by atoms with van der Waals surface area (Å²) in [7, 11) is 0. The first kappa shape index (κ1) is 31.8. The summed E-state index contributed by atoms with van der Waals surface area (Å²) >= 11 is 0. The number of H-pyrrole nitrogens is 1. The van der Waals surface area contributed by atoms with Crippen LogP contribution in [-0.2, 0) is 38.5 Å². The van der Waals surface area contributed by atoms with E-state index in [1.54, 1.807) is 11.0 Å². The van der Waals surface area contributed by atoms with Gasteiger partial charge in [-0.3, -0.25) is 14.4 Å². The number of hydrogen-bond donors (Lipinski definition) is 3. The molecule has 4 rings (SSSR count). The van der Waals surface area contributed by atoms with E-state index in [-0.39, 0.29) is 43.5 Å². The molecule has 3 atom stereocenters. The molecule has 2 amide bonds. The number of carbonyl (C=O) groups is 3. The molecule has 228 valence electrons. The van der Waals surface area contributed by atoms with Gasteiger partial charge in [0.25, 0.3) is 0 Å². The van der Waals surface area contributed by atoms with Gasteiger partial charge in [0.05, 0.1) is 24.6 Å². The number of aliphatic hydroxyl groups excluding tert-OH is 1. The van der Waals surface area contributed by atoms with Crippen molar-refractivity contribution in [2.45, 2.75) is 70.0 Å². The van der Waals surface area contributed by atoms with Crippen LogP contribution >= 0.6 is 0 Å². The molecule has 1 aromatic heterocycles. The standard InChI is InChI=1S/C35H43N3O5/c1-3-5-6-7-17-34(41)43-24-29(18-28-21-36-32-16-11-10-15-31(28)32)37-35(42)26(12-4-2)20-33(40)38-22-27-14-9-8-13-25(27)19-30(38)23-39/h3-4,8-11,13-16,21,26,29-30,36,39H,1-2,5-7,12,17-20,22-24H2,(H,37,42)/t26-,29+,30+/m1/s1. The molecule has 43 heavy (non-hydrogen) atoms. The highest BCUT2D eigenvalue weighted by Crippen LogP contribution is 2.26. The van der Waals surface area contributed by atoms with Crippen molar-refractivity contribution in [3.05, 3.63) is 96.7 Å². The van der Waals surface area contributed by atoms with Gasteiger partial charge in [0, 0.05) is 36.5 Å². The van der Waals surface area contributed by atoms with Crippen LogP contribution in [0.15, 0.2) is 80.0 Å². The molecular formula is C35H43N3O5. The molecule has 0 saturated heterocycles. The van der Waals surface area contributed by atoms with E-state index in [0.717, 1.165) is 40.4 Å². The van der Waals surface area contributed by atoms with Crippen molar-refractivity contribution in [2.24, 2.45) is 5.92 Å². The number of aromatic amines is 1. The maximum atomic E-state index is 13.7. The number of aliphatic hydroxyl groups is 1. The molecule has 0 spiro atoms. The maximum absolute atomic E-state index is 13.7. The molecule has 0 radical (unpaired) electrons. The summed E-state index contributed by atoms with van der Waals surface area (Å²) in [5.74, 6) is -1.44. The Balaban J connectivity index is 1.45. The summed E-state index contributed by atoms with van der Waals surface area (Å²) in [6.07, 6.45) is 9.43. The molecule has 0 bridgehead atoms. The predicted octanol–water partition coefficient (Wildman–Crippen LogP) is 5.01. The summed E-state index contributed by atoms with van der Waals surface area (Å²) < 4.78 is 5.61. The first-order chi connectivity index (χ1) is 20.9. The minimum absolute atomic E-state index is 0.0145. The number of nitrogens with one attached hydrogen (secondary N) is 2. The third-order valence-corrected chi connectivity index (χ3v) is 8.10. The van der Waals surface area contributed by atoms with Crippen molar-refractivity contribution >= 4 is 28.7 Å². The molecule has 8 heteroatoms. The largest absolute Gasteiger partial charge is 0.463 e. The van der Waals surface area contributed by atoms with Gasteiger partial charge in [0.2, 0.25) is 11.8 Å². The van der Waals surface area contributed by atoms with Gasteiger partial charge in [-0.15, -0.1) is 13.2 Å². The fraction of sp³-hybridized carbons (Fsp3) is 0.400. The lowest BCUT2D eigenvalue weighted by Gasteiger charge is -2.36. The van der Waals surface area contributed by atoms with Crippen molar-refractivity contribution < 1.29 is 24.2 Å². The van der Waals surface area contributed by atoms with E-state index in [4.69, 9.17) is 4.74 Å². The Bertz CT molecular complexity index is 1410. The number of fused-ring (bicyclic) bond motifs is 2. The van der Waals surface area contributed by atoms with Crippen molar-refractivity contribution in [2.75, 3.05) is 13.2 Å². The summed E-state index contributed by atoms with van der Waals surface area (Å²) in [5, 5.41) is 14.2. The Labute approximate surface area is 253 Å². The molecule has 1 aliphatic rings. The Morgan fingerprint density at radius 3 is 2.60 bits per heavy atom. The number of amides is 2. The second-order valence-corrected chi connectivity index (χ2v) is 11.2. The van der Waals surface area contributed by atoms with Crippen LogP contribution in [0.25, 0.3) is 10.9 Å². The third-order valence-electron chi connectivity index (χ3n) is 8.10. The maximum Gasteiger partial charge on any atom is 0.305 e. The van der Waals surface area contributed by atoms with E-state index in [9.17, 15) is 19.5 Å². The average molecular weight is 586 g/mol. The number of carbonyl (C=O) groups excluding carboxylic acids is 3. The van der Waals surface area contributed by atoms with Crippen LogP contribution in [-0.4, -0.2) is 58.1 Å². The fourth-order valence-corrected chi connectivity index (χ4v) is 5.72. The van der Waals surface area contributed by atoms with Crippen LogP contribution in [0.2, 0.25) is 0 Å². The smallest absolute Gasteiger partial charge is 0.305 e. The SMILES string of the molecule is C=CCCCCC(=O)OC[C@H](Cc1c[nH]c2ccccc12)NC(=O)[C@H](CC=C)CC(=O)N1Cc2ccccc2C[C@H]1CO. The molecule has 0 fully saturated rings. The Kier molecular flexibility index (Phi) is 11.7. The number of hydrogen-bond acceptors (Lipinski definition) is 5. The number of unbranched alkanes of at least 4 members (excludes halogenated alkanes) is 2. The number of para-hydroxylation sites is 1. The van der Waals surface area contributed by atoms with Crippen molar-refractivity contribution in [1.82, 2.24) is 15.2 Å². The van der Waals surface area contributed by atoms with E-state index in [1.807, 2.05) is 60.8 Å². The fourth-order valence-electron chi connectivity index (χ4n) is 5.72. The van der Waals surface area contributed by atoms with Crippen LogP contribution in [0.1, 0.15) is 55.2 Å². The van der Waals surface area contributed by atoms with Gasteiger partial charge in [0.15, 0.2) is 0 Å². The van der Waals surface area contributed by atoms with Crippen LogP contribution in [0.4, 0.5) is 0 Å². The minimum Gasteiger partial charge on any atom is -0.463 e. The molecule has 0 saturated carbocycles. The number of rotatable bonds is 16. The Hall–Kier alpha value is -4.17. The normalized spacial score (nSPS) is 15.7. The van der Waals surface area contributed by atoms with E-state index in [1.165, 1.54) is 0 Å². The molecule has 3 N–H and O–H groups in total. The zero-order valence-corrected chi connectivity index (χ0v) is 24.8. The third kappa shape index (κ3) is 8.67. The van der Waals surface area contributed by atoms with E-state index < -0.39 is 12.0 Å². The molecular weight excluding hydrogens is 542 g/mol. The van der Waals surface area contributed by atoms with Crippen LogP contribution in [0.3, 0.4) is 0 Å². The van der Waals surface area contributed by atoms with Crippen LogP contribution in [0, 0.1) is 5.92 Å². The van der Waals surface area contributed by atoms with Crippen molar-refractivity contribution in [3.8, 4) is 0 Å². The highest BCUT2D eigenvalue weighted by Gasteiger charge is 2.32. The van der Waals surface area contributed by atoms with Crippen LogP contribution < -0.4 is 5.32 Å². The number of aromatic nitrogens is 1. The van der Waals surface area contributed by atoms with Crippen molar-refractivity contribution in [3.63, 3.8) is 0 Å². The van der Waals surface area contributed by atoms with Gasteiger partial charge in [0.1, 0.15) is 6.61 Å². The lowest BCUT2D eigenvalue weighted by molar-refractivity contribution is -0.145. The zero-order valence-electron chi connectivity index (χ0n) is 24.8. The second kappa shape index (κ2) is 15.9. The van der Waals surface area contributed by atoms with Gasteiger partial charge < -0.3 is 25.0 Å². The van der Waals surface area contributed by atoms with Gasteiger partial charge in [-0.2, -0.15) is 0 Å². The Morgan fingerprint density at radius 1 is 1.07 bits per heavy atom. The van der Waals surface area contributed by atoms with Gasteiger partial charge in [-0.25, -0.2) is 0 Å². The van der Waals surface area contributed by atoms with E-state index >= 15 is 0 Å². The highest BCUT2D eigenvalue weighted by molar-refractivity contribution is 5.87. The van der Waals surface area contributed by atoms with Crippen molar-refractivity contribution in [1.29, 1.82) is 0 Å². The molecule has 2 aromatic carbocycles. The van der Waals surface area contributed by atoms with E-state index in [2.05, 4.69) is 23.5 Å². The molecule has 3 aromatic rings. The monoisotopic (exact) mass is 585 g/mol. The number of allylic oxidation sites excluding steroid dienone is 2. The van der Waals surface area contributed by atoms with Gasteiger partial charge in [-0.1, -0.05) is 54.6 Å². The minimum atomic E-state index is -0.651. The summed E-state index contributed by atoms with van der Waals surface area (Å²) in [6, 6.07) is 15.0. The number of benzene rings is 2. The van der Waals surface area contributed by atoms with Gasteiger partial charge >= 0.3 is 5.97 Å². The molecule has 2 heterocycles. The van der Waals surface area contributed by atoms with Crippen LogP contribution in [0.5, 0.6) is 0 Å². The Morgan fingerprint density at radius 2 is 1.84 bits per heavy atom. The topological polar surface area (TPSA) is 112 Å². The number of esters is 1. The lowest BCUT2D eigenvalue weighted by Crippen LogP contribution is -2.48.